The van der Waals surface area contributed by atoms with Gasteiger partial charge in [-0.1, -0.05) is 34.1 Å². The van der Waals surface area contributed by atoms with Gasteiger partial charge in [-0.3, -0.25) is 0 Å². The van der Waals surface area contributed by atoms with Crippen LogP contribution in [-0.2, 0) is 0 Å². The Kier molecular flexibility index (Phi) is 3.83. The number of allylic oxidation sites excluding steroid dienone is 1. The van der Waals surface area contributed by atoms with E-state index < -0.39 is 0 Å². The monoisotopic (exact) mass is 242 g/mol. The smallest absolute Gasteiger partial charge is 0.126 e. The molecule has 1 rings (SSSR count). The Hall–Kier alpha value is -0.960. The van der Waals surface area contributed by atoms with Crippen molar-refractivity contribution < 1.29 is 10.2 Å². The van der Waals surface area contributed by atoms with E-state index in [1.165, 1.54) is 0 Å². The van der Waals surface area contributed by atoms with Gasteiger partial charge in [0.05, 0.1) is 5.56 Å². The van der Waals surface area contributed by atoms with Gasteiger partial charge in [0.1, 0.15) is 11.5 Å². The van der Waals surface area contributed by atoms with Gasteiger partial charge in [0, 0.05) is 5.33 Å². The van der Waals surface area contributed by atoms with Gasteiger partial charge in [0.25, 0.3) is 0 Å². The normalized spacial score (nSPS) is 10.8. The van der Waals surface area contributed by atoms with Gasteiger partial charge >= 0.3 is 0 Å². The molecule has 13 heavy (non-hydrogen) atoms. The standard InChI is InChI=1S/C10H11BrO2/c11-7-2-1-4-8-9(12)5-3-6-10(8)13/h1,3-6,12-13H,2,7H2. The van der Waals surface area contributed by atoms with Crippen molar-refractivity contribution in [3.8, 4) is 11.5 Å². The Bertz CT molecular complexity index is 288. The SMILES string of the molecule is Oc1cccc(O)c1C=CCCBr. The van der Waals surface area contributed by atoms with Crippen LogP contribution in [0.3, 0.4) is 0 Å². The maximum atomic E-state index is 9.37. The summed E-state index contributed by atoms with van der Waals surface area (Å²) in [5.74, 6) is 0.205. The van der Waals surface area contributed by atoms with Gasteiger partial charge in [-0.15, -0.1) is 0 Å². The zero-order valence-electron chi connectivity index (χ0n) is 7.07. The molecule has 0 fully saturated rings. The van der Waals surface area contributed by atoms with Crippen LogP contribution >= 0.6 is 15.9 Å². The van der Waals surface area contributed by atoms with E-state index in [1.54, 1.807) is 24.3 Å². The predicted octanol–water partition coefficient (Wildman–Crippen LogP) is 2.90. The quantitative estimate of drug-likeness (QED) is 0.801. The zero-order valence-corrected chi connectivity index (χ0v) is 8.66. The molecule has 2 nitrogen and oxygen atoms in total. The third-order valence-corrected chi connectivity index (χ3v) is 2.08. The molecule has 0 spiro atoms. The molecule has 0 aliphatic carbocycles. The first-order valence-electron chi connectivity index (χ1n) is 3.99. The average Bonchev–Trinajstić information content (AvgIpc) is 2.10. The summed E-state index contributed by atoms with van der Waals surface area (Å²) in [4.78, 5) is 0. The fraction of sp³-hybridized carbons (Fsp3) is 0.200. The van der Waals surface area contributed by atoms with Crippen LogP contribution in [0.1, 0.15) is 12.0 Å². The lowest BCUT2D eigenvalue weighted by Gasteiger charge is -2.00. The molecule has 0 radical (unpaired) electrons. The predicted molar refractivity (Wildman–Crippen MR) is 57.2 cm³/mol. The Labute approximate surface area is 85.7 Å². The molecule has 0 atom stereocenters. The molecule has 0 heterocycles. The lowest BCUT2D eigenvalue weighted by atomic mass is 10.1. The van der Waals surface area contributed by atoms with Crippen molar-refractivity contribution in [2.24, 2.45) is 0 Å². The molecule has 0 aliphatic heterocycles. The number of hydrogen-bond acceptors (Lipinski definition) is 2. The largest absolute Gasteiger partial charge is 0.507 e. The van der Waals surface area contributed by atoms with Crippen LogP contribution in [-0.4, -0.2) is 15.5 Å². The topological polar surface area (TPSA) is 40.5 Å². The lowest BCUT2D eigenvalue weighted by molar-refractivity contribution is 0.448. The summed E-state index contributed by atoms with van der Waals surface area (Å²) in [6, 6.07) is 4.70. The number of aromatic hydroxyl groups is 2. The molecule has 1 aromatic rings. The first-order valence-corrected chi connectivity index (χ1v) is 5.11. The second kappa shape index (κ2) is 4.92. The van der Waals surface area contributed by atoms with Crippen LogP contribution < -0.4 is 0 Å². The summed E-state index contributed by atoms with van der Waals surface area (Å²) in [6.07, 6.45) is 4.48. The van der Waals surface area contributed by atoms with Crippen molar-refractivity contribution >= 4 is 22.0 Å². The highest BCUT2D eigenvalue weighted by Gasteiger charge is 2.01. The van der Waals surface area contributed by atoms with Crippen LogP contribution in [0.2, 0.25) is 0 Å². The molecule has 0 saturated heterocycles. The van der Waals surface area contributed by atoms with Gasteiger partial charge in [0.2, 0.25) is 0 Å². The molecule has 0 unspecified atom stereocenters. The summed E-state index contributed by atoms with van der Waals surface area (Å²) in [6.45, 7) is 0. The molecule has 1 aromatic carbocycles. The number of phenols is 2. The van der Waals surface area contributed by atoms with Crippen molar-refractivity contribution in [3.05, 3.63) is 29.8 Å². The van der Waals surface area contributed by atoms with E-state index in [4.69, 9.17) is 0 Å². The van der Waals surface area contributed by atoms with Crippen LogP contribution in [0.4, 0.5) is 0 Å². The van der Waals surface area contributed by atoms with Gasteiger partial charge in [0.15, 0.2) is 0 Å². The van der Waals surface area contributed by atoms with Gasteiger partial charge in [-0.05, 0) is 18.6 Å². The Morgan fingerprint density at radius 3 is 2.38 bits per heavy atom. The zero-order chi connectivity index (χ0) is 9.68. The van der Waals surface area contributed by atoms with Crippen molar-refractivity contribution in [2.45, 2.75) is 6.42 Å². The third kappa shape index (κ3) is 2.77. The number of halogens is 1. The highest BCUT2D eigenvalue weighted by molar-refractivity contribution is 9.09. The number of hydrogen-bond donors (Lipinski definition) is 2. The molecule has 2 N–H and O–H groups in total. The lowest BCUT2D eigenvalue weighted by Crippen LogP contribution is -1.76. The van der Waals surface area contributed by atoms with Crippen LogP contribution in [0.25, 0.3) is 6.08 Å². The fourth-order valence-electron chi connectivity index (χ4n) is 0.976. The minimum absolute atomic E-state index is 0.103. The number of alkyl halides is 1. The highest BCUT2D eigenvalue weighted by atomic mass is 79.9. The highest BCUT2D eigenvalue weighted by Crippen LogP contribution is 2.27. The first kappa shape index (κ1) is 10.1. The Morgan fingerprint density at radius 2 is 1.85 bits per heavy atom. The average molecular weight is 243 g/mol. The Balaban J connectivity index is 2.87. The minimum Gasteiger partial charge on any atom is -0.507 e. The number of phenolic OH excluding ortho intramolecular Hbond substituents is 2. The summed E-state index contributed by atoms with van der Waals surface area (Å²) < 4.78 is 0. The number of rotatable bonds is 3. The first-order chi connectivity index (χ1) is 6.25. The molecular formula is C10H11BrO2. The summed E-state index contributed by atoms with van der Waals surface area (Å²) in [5, 5.41) is 19.6. The van der Waals surface area contributed by atoms with E-state index in [9.17, 15) is 10.2 Å². The van der Waals surface area contributed by atoms with Crippen LogP contribution in [0.5, 0.6) is 11.5 Å². The minimum atomic E-state index is 0.103. The molecule has 70 valence electrons. The van der Waals surface area contributed by atoms with E-state index in [0.29, 0.717) is 5.56 Å². The maximum absolute atomic E-state index is 9.37. The van der Waals surface area contributed by atoms with Crippen molar-refractivity contribution in [2.75, 3.05) is 5.33 Å². The van der Waals surface area contributed by atoms with Crippen molar-refractivity contribution in [3.63, 3.8) is 0 Å². The van der Waals surface area contributed by atoms with Crippen molar-refractivity contribution in [1.29, 1.82) is 0 Å². The Morgan fingerprint density at radius 1 is 1.23 bits per heavy atom. The fourth-order valence-corrected chi connectivity index (χ4v) is 1.24. The molecule has 3 heteroatoms. The van der Waals surface area contributed by atoms with E-state index in [0.717, 1.165) is 11.8 Å². The maximum Gasteiger partial charge on any atom is 0.126 e. The van der Waals surface area contributed by atoms with Gasteiger partial charge < -0.3 is 10.2 Å². The van der Waals surface area contributed by atoms with E-state index >= 15 is 0 Å². The summed E-state index contributed by atoms with van der Waals surface area (Å²) in [5.41, 5.74) is 0.475. The third-order valence-electron chi connectivity index (χ3n) is 1.62. The van der Waals surface area contributed by atoms with Crippen LogP contribution in [0.15, 0.2) is 24.3 Å². The van der Waals surface area contributed by atoms with E-state index in [-0.39, 0.29) is 11.5 Å². The molecular weight excluding hydrogens is 232 g/mol. The summed E-state index contributed by atoms with van der Waals surface area (Å²) in [7, 11) is 0. The molecule has 0 aliphatic rings. The summed E-state index contributed by atoms with van der Waals surface area (Å²) >= 11 is 3.28. The van der Waals surface area contributed by atoms with Gasteiger partial charge in [-0.2, -0.15) is 0 Å². The number of benzene rings is 1. The van der Waals surface area contributed by atoms with Gasteiger partial charge in [-0.25, -0.2) is 0 Å². The molecule has 0 bridgehead atoms. The second-order valence-corrected chi connectivity index (χ2v) is 3.38. The van der Waals surface area contributed by atoms with Crippen LogP contribution in [0, 0.1) is 0 Å². The van der Waals surface area contributed by atoms with Crippen molar-refractivity contribution in [1.82, 2.24) is 0 Å². The second-order valence-electron chi connectivity index (χ2n) is 2.59. The van der Waals surface area contributed by atoms with E-state index in [1.807, 2.05) is 6.08 Å². The molecule has 0 saturated carbocycles. The molecule has 0 amide bonds. The molecule has 0 aromatic heterocycles. The van der Waals surface area contributed by atoms with E-state index in [2.05, 4.69) is 15.9 Å².